The highest BCUT2D eigenvalue weighted by Crippen LogP contribution is 2.35. The van der Waals surface area contributed by atoms with Crippen LogP contribution in [-0.4, -0.2) is 77.9 Å². The van der Waals surface area contributed by atoms with Crippen LogP contribution in [0.3, 0.4) is 0 Å². The molecule has 5 aromatic rings. The summed E-state index contributed by atoms with van der Waals surface area (Å²) in [6.07, 6.45) is -4.56. The second kappa shape index (κ2) is 16.7. The van der Waals surface area contributed by atoms with Gasteiger partial charge in [-0.2, -0.15) is 13.2 Å². The summed E-state index contributed by atoms with van der Waals surface area (Å²) in [5.74, 6) is -0.133. The molecule has 1 aliphatic rings. The van der Waals surface area contributed by atoms with Gasteiger partial charge in [0.05, 0.1) is 15.4 Å². The van der Waals surface area contributed by atoms with E-state index in [9.17, 15) is 41.6 Å². The monoisotopic (exact) mass is 793 g/mol. The van der Waals surface area contributed by atoms with Crippen LogP contribution in [0.4, 0.5) is 30.4 Å². The third-order valence-electron chi connectivity index (χ3n) is 8.62. The molecule has 1 aromatic heterocycles. The molecular weight excluding hydrogens is 760 g/mol. The molecule has 0 spiro atoms. The highest BCUT2D eigenvalue weighted by atomic mass is 32.2. The van der Waals surface area contributed by atoms with E-state index in [0.29, 0.717) is 61.0 Å². The zero-order chi connectivity index (χ0) is 39.2. The van der Waals surface area contributed by atoms with Crippen LogP contribution in [0.2, 0.25) is 0 Å². The number of aromatic nitrogens is 2. The number of nitrogens with zero attached hydrogens (tertiary/aromatic N) is 5. The average Bonchev–Trinajstić information content (AvgIpc) is 3.16. The van der Waals surface area contributed by atoms with Gasteiger partial charge in [-0.1, -0.05) is 30.3 Å². The summed E-state index contributed by atoms with van der Waals surface area (Å²) in [7, 11) is -4.53. The van der Waals surface area contributed by atoms with E-state index >= 15 is 0 Å². The molecule has 13 nitrogen and oxygen atoms in total. The Balaban J connectivity index is 1.04. The van der Waals surface area contributed by atoms with Gasteiger partial charge in [0, 0.05) is 56.0 Å². The lowest BCUT2D eigenvalue weighted by Crippen LogP contribution is -2.46. The van der Waals surface area contributed by atoms with E-state index in [2.05, 4.69) is 15.5 Å². The lowest BCUT2D eigenvalue weighted by atomic mass is 9.99. The lowest BCUT2D eigenvalue weighted by Gasteiger charge is -2.35. The number of aromatic hydroxyl groups is 1. The molecule has 286 valence electrons. The van der Waals surface area contributed by atoms with Crippen molar-refractivity contribution in [3.63, 3.8) is 0 Å². The number of halogens is 3. The van der Waals surface area contributed by atoms with Crippen LogP contribution in [0.15, 0.2) is 113 Å². The Morgan fingerprint density at radius 3 is 2.33 bits per heavy atom. The van der Waals surface area contributed by atoms with Gasteiger partial charge in [0.25, 0.3) is 21.6 Å². The van der Waals surface area contributed by atoms with E-state index in [1.165, 1.54) is 30.3 Å². The standard InChI is InChI=1S/C37H34F3N7O6S2/c38-37(39,40)28-20-25(19-27(21-28)26-5-4-6-29(48)22-26)24-45-14-16-46(17-15-45)35-12-11-33(42-43-35)36(49)44-55(52,53)31-9-10-32(34(23-31)47(50)51)41-13-18-54-30-7-2-1-3-8-30/h1-12,19-23,41,48H,13-18,24H2,(H,44,49). The highest BCUT2D eigenvalue weighted by molar-refractivity contribution is 7.99. The van der Waals surface area contributed by atoms with Gasteiger partial charge in [0.2, 0.25) is 0 Å². The molecule has 2 heterocycles. The first-order valence-electron chi connectivity index (χ1n) is 16.8. The number of carbonyl (C=O) groups excluding carboxylic acids is 1. The minimum Gasteiger partial charge on any atom is -0.508 e. The molecule has 1 fully saturated rings. The minimum atomic E-state index is -4.56. The molecule has 55 heavy (non-hydrogen) atoms. The SMILES string of the molecule is O=C(NS(=O)(=O)c1ccc(NCCSc2ccccc2)c([N+](=O)[O-])c1)c1ccc(N2CCN(Cc3cc(-c4cccc(O)c4)cc(C(F)(F)F)c3)CC2)nn1. The number of rotatable bonds is 13. The number of nitro benzene ring substituents is 1. The van der Waals surface area contributed by atoms with Gasteiger partial charge in [-0.3, -0.25) is 19.8 Å². The van der Waals surface area contributed by atoms with Gasteiger partial charge >= 0.3 is 6.18 Å². The van der Waals surface area contributed by atoms with Crippen LogP contribution < -0.4 is 14.9 Å². The van der Waals surface area contributed by atoms with Crippen molar-refractivity contribution >= 4 is 44.9 Å². The van der Waals surface area contributed by atoms with Crippen molar-refractivity contribution in [1.82, 2.24) is 19.8 Å². The molecule has 0 atom stereocenters. The van der Waals surface area contributed by atoms with Crippen LogP contribution in [0, 0.1) is 10.1 Å². The summed E-state index contributed by atoms with van der Waals surface area (Å²) in [5, 5.41) is 32.6. The van der Waals surface area contributed by atoms with E-state index in [4.69, 9.17) is 0 Å². The number of alkyl halides is 3. The van der Waals surface area contributed by atoms with E-state index in [1.54, 1.807) is 30.0 Å². The first-order valence-corrected chi connectivity index (χ1v) is 19.3. The van der Waals surface area contributed by atoms with Crippen LogP contribution >= 0.6 is 11.8 Å². The molecular formula is C37H34F3N7O6S2. The molecule has 6 rings (SSSR count). The van der Waals surface area contributed by atoms with Gasteiger partial charge in [0.1, 0.15) is 11.4 Å². The number of nitro groups is 1. The van der Waals surface area contributed by atoms with Crippen molar-refractivity contribution in [1.29, 1.82) is 0 Å². The summed E-state index contributed by atoms with van der Waals surface area (Å²) in [4.78, 5) is 28.4. The molecule has 0 unspecified atom stereocenters. The van der Waals surface area contributed by atoms with Crippen LogP contribution in [0.25, 0.3) is 11.1 Å². The fourth-order valence-corrected chi connectivity index (χ4v) is 7.66. The minimum absolute atomic E-state index is 0.0536. The Bertz CT molecular complexity index is 2270. The summed E-state index contributed by atoms with van der Waals surface area (Å²) >= 11 is 1.55. The predicted molar refractivity (Wildman–Crippen MR) is 201 cm³/mol. The van der Waals surface area contributed by atoms with Crippen LogP contribution in [0.1, 0.15) is 21.6 Å². The number of phenolic OH excluding ortho intramolecular Hbond substituents is 1. The third-order valence-corrected chi connectivity index (χ3v) is 11.0. The molecule has 0 aliphatic carbocycles. The topological polar surface area (TPSA) is 171 Å². The Morgan fingerprint density at radius 2 is 1.65 bits per heavy atom. The summed E-state index contributed by atoms with van der Waals surface area (Å²) in [5.41, 5.74) is -0.183. The molecule has 0 bridgehead atoms. The largest absolute Gasteiger partial charge is 0.508 e. The van der Waals surface area contributed by atoms with Crippen molar-refractivity contribution in [3.8, 4) is 16.9 Å². The van der Waals surface area contributed by atoms with Gasteiger partial charge in [0.15, 0.2) is 11.5 Å². The predicted octanol–water partition coefficient (Wildman–Crippen LogP) is 6.42. The molecule has 0 saturated carbocycles. The number of thioether (sulfide) groups is 1. The van der Waals surface area contributed by atoms with Gasteiger partial charge < -0.3 is 15.3 Å². The lowest BCUT2D eigenvalue weighted by molar-refractivity contribution is -0.384. The number of sulfonamides is 1. The Hall–Kier alpha value is -5.72. The normalized spacial score (nSPS) is 13.7. The number of phenols is 1. The zero-order valence-corrected chi connectivity index (χ0v) is 30.6. The maximum atomic E-state index is 13.8. The Morgan fingerprint density at radius 1 is 0.891 bits per heavy atom. The van der Waals surface area contributed by atoms with Gasteiger partial charge in [-0.05, 0) is 83.4 Å². The summed E-state index contributed by atoms with van der Waals surface area (Å²) in [6.45, 7) is 2.47. The van der Waals surface area contributed by atoms with E-state index in [0.717, 1.165) is 29.2 Å². The first kappa shape index (κ1) is 39.0. The fourth-order valence-electron chi connectivity index (χ4n) is 5.89. The summed E-state index contributed by atoms with van der Waals surface area (Å²) < 4.78 is 69.3. The number of amides is 1. The third kappa shape index (κ3) is 10.1. The van der Waals surface area contributed by atoms with Crippen molar-refractivity contribution in [3.05, 3.63) is 130 Å². The van der Waals surface area contributed by atoms with Crippen LogP contribution in [0.5, 0.6) is 5.75 Å². The molecule has 1 saturated heterocycles. The van der Waals surface area contributed by atoms with Gasteiger partial charge in [-0.15, -0.1) is 22.0 Å². The van der Waals surface area contributed by atoms with E-state index in [-0.39, 0.29) is 23.7 Å². The maximum Gasteiger partial charge on any atom is 0.416 e. The quantitative estimate of drug-likeness (QED) is 0.0518. The molecule has 4 aromatic carbocycles. The highest BCUT2D eigenvalue weighted by Gasteiger charge is 2.32. The zero-order valence-electron chi connectivity index (χ0n) is 28.9. The smallest absolute Gasteiger partial charge is 0.416 e. The van der Waals surface area contributed by atoms with Gasteiger partial charge in [-0.25, -0.2) is 13.1 Å². The second-order valence-electron chi connectivity index (χ2n) is 12.5. The molecule has 1 aliphatic heterocycles. The van der Waals surface area contributed by atoms with Crippen molar-refractivity contribution in [2.75, 3.05) is 48.7 Å². The number of anilines is 2. The molecule has 18 heteroatoms. The first-order chi connectivity index (χ1) is 26.2. The Labute approximate surface area is 318 Å². The number of nitrogens with one attached hydrogen (secondary N) is 2. The maximum absolute atomic E-state index is 13.8. The number of piperazine rings is 1. The number of hydrogen-bond acceptors (Lipinski definition) is 12. The van der Waals surface area contributed by atoms with Crippen molar-refractivity contribution in [2.45, 2.75) is 22.5 Å². The van der Waals surface area contributed by atoms with Crippen molar-refractivity contribution < 1.29 is 36.4 Å². The molecule has 0 radical (unpaired) electrons. The average molecular weight is 794 g/mol. The van der Waals surface area contributed by atoms with Crippen LogP contribution in [-0.2, 0) is 22.7 Å². The summed E-state index contributed by atoms with van der Waals surface area (Å²) in [6, 6.07) is 25.6. The molecule has 3 N–H and O–H groups in total. The second-order valence-corrected chi connectivity index (χ2v) is 15.3. The number of carbonyl (C=O) groups is 1. The number of hydrogen-bond donors (Lipinski definition) is 3. The van der Waals surface area contributed by atoms with Crippen molar-refractivity contribution in [2.24, 2.45) is 0 Å². The number of benzene rings is 4. The Kier molecular flexibility index (Phi) is 11.9. The van der Waals surface area contributed by atoms with E-state index in [1.807, 2.05) is 44.9 Å². The molecule has 1 amide bonds. The fraction of sp³-hybridized carbons (Fsp3) is 0.216. The van der Waals surface area contributed by atoms with E-state index < -0.39 is 43.2 Å².